The van der Waals surface area contributed by atoms with Crippen molar-refractivity contribution < 1.29 is 19.1 Å². The first-order valence-corrected chi connectivity index (χ1v) is 11.2. The molecular formula is C23H33N3O4. The van der Waals surface area contributed by atoms with Gasteiger partial charge in [-0.25, -0.2) is 4.79 Å². The maximum absolute atomic E-state index is 13.5. The van der Waals surface area contributed by atoms with Crippen molar-refractivity contribution in [2.24, 2.45) is 11.8 Å². The van der Waals surface area contributed by atoms with Gasteiger partial charge in [-0.1, -0.05) is 33.3 Å². The number of likely N-dealkylation sites (tertiary alicyclic amines) is 1. The molecule has 0 radical (unpaired) electrons. The fourth-order valence-corrected chi connectivity index (χ4v) is 4.99. The van der Waals surface area contributed by atoms with Crippen LogP contribution in [-0.4, -0.2) is 53.7 Å². The number of nitrogens with one attached hydrogen (secondary N) is 1. The van der Waals surface area contributed by atoms with Crippen LogP contribution in [0.1, 0.15) is 52.0 Å². The van der Waals surface area contributed by atoms with Gasteiger partial charge in [0.05, 0.1) is 6.54 Å². The third kappa shape index (κ3) is 3.75. The molecule has 0 aliphatic carbocycles. The Morgan fingerprint density at radius 3 is 2.60 bits per heavy atom. The summed E-state index contributed by atoms with van der Waals surface area (Å²) in [6.07, 6.45) is 3.68. The summed E-state index contributed by atoms with van der Waals surface area (Å²) in [5.41, 5.74) is 0.0774. The normalized spacial score (nSPS) is 25.6. The van der Waals surface area contributed by atoms with Gasteiger partial charge in [-0.3, -0.25) is 9.69 Å². The summed E-state index contributed by atoms with van der Waals surface area (Å²) >= 11 is 0. The van der Waals surface area contributed by atoms with Gasteiger partial charge in [0, 0.05) is 6.54 Å². The lowest BCUT2D eigenvalue weighted by atomic mass is 9.75. The molecule has 1 aromatic carbocycles. The maximum atomic E-state index is 13.5. The number of piperidine rings is 1. The molecule has 7 nitrogen and oxygen atoms in total. The summed E-state index contributed by atoms with van der Waals surface area (Å²) in [6, 6.07) is 5.27. The maximum Gasteiger partial charge on any atom is 0.325 e. The molecule has 0 bridgehead atoms. The van der Waals surface area contributed by atoms with Crippen molar-refractivity contribution in [1.82, 2.24) is 15.1 Å². The van der Waals surface area contributed by atoms with Gasteiger partial charge in [-0.05, 0) is 61.9 Å². The molecule has 0 saturated carbocycles. The van der Waals surface area contributed by atoms with Crippen LogP contribution < -0.4 is 14.8 Å². The molecule has 3 amide bonds. The van der Waals surface area contributed by atoms with Gasteiger partial charge in [0.1, 0.15) is 5.54 Å². The van der Waals surface area contributed by atoms with E-state index < -0.39 is 5.54 Å². The molecule has 1 aromatic rings. The van der Waals surface area contributed by atoms with E-state index in [0.29, 0.717) is 23.8 Å². The fraction of sp³-hybridized carbons (Fsp3) is 0.652. The minimum atomic E-state index is -0.782. The second-order valence-electron chi connectivity index (χ2n) is 8.92. The molecule has 3 aliphatic heterocycles. The topological polar surface area (TPSA) is 71.1 Å². The molecule has 0 spiro atoms. The summed E-state index contributed by atoms with van der Waals surface area (Å²) in [5, 5.41) is 3.09. The number of amides is 3. The second-order valence-corrected chi connectivity index (χ2v) is 8.92. The molecule has 3 heterocycles. The molecule has 3 aliphatic rings. The van der Waals surface area contributed by atoms with E-state index in [2.05, 4.69) is 24.1 Å². The van der Waals surface area contributed by atoms with E-state index in [0.717, 1.165) is 38.0 Å². The van der Waals surface area contributed by atoms with Gasteiger partial charge < -0.3 is 19.7 Å². The summed E-state index contributed by atoms with van der Waals surface area (Å²) < 4.78 is 10.8. The number of nitrogens with zero attached hydrogens (tertiary/aromatic N) is 2. The predicted molar refractivity (Wildman–Crippen MR) is 113 cm³/mol. The van der Waals surface area contributed by atoms with Crippen molar-refractivity contribution in [3.05, 3.63) is 23.8 Å². The average molecular weight is 416 g/mol. The van der Waals surface area contributed by atoms with Gasteiger partial charge in [0.15, 0.2) is 11.5 Å². The average Bonchev–Trinajstić information content (AvgIpc) is 3.32. The number of ether oxygens (including phenoxy) is 2. The molecule has 0 unspecified atom stereocenters. The highest BCUT2D eigenvalue weighted by atomic mass is 16.7. The minimum absolute atomic E-state index is 0.0898. The molecule has 2 atom stereocenters. The SMILES string of the molecule is CC[C@@H](C)CN1CCC([C@@]2(CC)NC(=O)N(Cc3ccc4c(c3)OCO4)C2=O)CC1. The molecule has 2 fully saturated rings. The van der Waals surface area contributed by atoms with E-state index in [1.807, 2.05) is 25.1 Å². The second kappa shape index (κ2) is 8.46. The molecule has 7 heteroatoms. The quantitative estimate of drug-likeness (QED) is 0.692. The Kier molecular flexibility index (Phi) is 5.91. The molecule has 30 heavy (non-hydrogen) atoms. The number of rotatable bonds is 7. The summed E-state index contributed by atoms with van der Waals surface area (Å²) in [6.45, 7) is 10.1. The van der Waals surface area contributed by atoms with Crippen LogP contribution in [0.5, 0.6) is 11.5 Å². The Labute approximate surface area is 178 Å². The van der Waals surface area contributed by atoms with Crippen LogP contribution in [0.3, 0.4) is 0 Å². The molecule has 1 N–H and O–H groups in total. The highest BCUT2D eigenvalue weighted by Gasteiger charge is 2.54. The lowest BCUT2D eigenvalue weighted by molar-refractivity contribution is -0.134. The first-order chi connectivity index (χ1) is 14.5. The number of fused-ring (bicyclic) bond motifs is 1. The summed E-state index contributed by atoms with van der Waals surface area (Å²) in [4.78, 5) is 30.2. The summed E-state index contributed by atoms with van der Waals surface area (Å²) in [7, 11) is 0. The van der Waals surface area contributed by atoms with Crippen molar-refractivity contribution in [3.63, 3.8) is 0 Å². The van der Waals surface area contributed by atoms with E-state index in [4.69, 9.17) is 9.47 Å². The first-order valence-electron chi connectivity index (χ1n) is 11.2. The van der Waals surface area contributed by atoms with E-state index in [1.54, 1.807) is 0 Å². The Morgan fingerprint density at radius 1 is 1.17 bits per heavy atom. The smallest absolute Gasteiger partial charge is 0.325 e. The van der Waals surface area contributed by atoms with E-state index in [-0.39, 0.29) is 31.2 Å². The highest BCUT2D eigenvalue weighted by Crippen LogP contribution is 2.38. The zero-order chi connectivity index (χ0) is 21.3. The molecule has 164 valence electrons. The van der Waals surface area contributed by atoms with Crippen molar-refractivity contribution in [2.45, 2.75) is 58.5 Å². The zero-order valence-corrected chi connectivity index (χ0v) is 18.3. The highest BCUT2D eigenvalue weighted by molar-refractivity contribution is 6.07. The van der Waals surface area contributed by atoms with Gasteiger partial charge in [-0.2, -0.15) is 0 Å². The number of carbonyl (C=O) groups is 2. The first kappa shape index (κ1) is 21.0. The van der Waals surface area contributed by atoms with E-state index in [9.17, 15) is 9.59 Å². The van der Waals surface area contributed by atoms with Crippen LogP contribution in [0, 0.1) is 11.8 Å². The molecule has 4 rings (SSSR count). The van der Waals surface area contributed by atoms with Crippen molar-refractivity contribution in [3.8, 4) is 11.5 Å². The largest absolute Gasteiger partial charge is 0.454 e. The monoisotopic (exact) mass is 415 g/mol. The lowest BCUT2D eigenvalue weighted by Crippen LogP contribution is -2.56. The number of hydrogen-bond donors (Lipinski definition) is 1. The number of imide groups is 1. The van der Waals surface area contributed by atoms with Crippen LogP contribution in [0.15, 0.2) is 18.2 Å². The Balaban J connectivity index is 1.45. The number of hydrogen-bond acceptors (Lipinski definition) is 5. The minimum Gasteiger partial charge on any atom is -0.454 e. The molecular weight excluding hydrogens is 382 g/mol. The van der Waals surface area contributed by atoms with Crippen LogP contribution in [-0.2, 0) is 11.3 Å². The van der Waals surface area contributed by atoms with Gasteiger partial charge in [-0.15, -0.1) is 0 Å². The Hall–Kier alpha value is -2.28. The predicted octanol–water partition coefficient (Wildman–Crippen LogP) is 3.37. The molecule has 0 aromatic heterocycles. The Morgan fingerprint density at radius 2 is 1.90 bits per heavy atom. The van der Waals surface area contributed by atoms with Gasteiger partial charge in [0.2, 0.25) is 6.79 Å². The van der Waals surface area contributed by atoms with Crippen LogP contribution in [0.2, 0.25) is 0 Å². The third-order valence-electron chi connectivity index (χ3n) is 7.09. The van der Waals surface area contributed by atoms with Gasteiger partial charge in [0.25, 0.3) is 5.91 Å². The van der Waals surface area contributed by atoms with Crippen LogP contribution >= 0.6 is 0 Å². The zero-order valence-electron chi connectivity index (χ0n) is 18.3. The van der Waals surface area contributed by atoms with Crippen LogP contribution in [0.25, 0.3) is 0 Å². The number of benzene rings is 1. The van der Waals surface area contributed by atoms with Gasteiger partial charge >= 0.3 is 6.03 Å². The van der Waals surface area contributed by atoms with Crippen molar-refractivity contribution in [1.29, 1.82) is 0 Å². The lowest BCUT2D eigenvalue weighted by Gasteiger charge is -2.41. The van der Waals surface area contributed by atoms with E-state index >= 15 is 0 Å². The third-order valence-corrected chi connectivity index (χ3v) is 7.09. The number of urea groups is 1. The number of carbonyl (C=O) groups excluding carboxylic acids is 2. The standard InChI is InChI=1S/C23H33N3O4/c1-4-16(3)13-25-10-8-18(9-11-25)23(5-2)21(27)26(22(28)24-23)14-17-6-7-19-20(12-17)30-15-29-19/h6-7,12,16,18H,4-5,8-11,13-15H2,1-3H3,(H,24,28)/t16-,23-/m1/s1. The summed E-state index contributed by atoms with van der Waals surface area (Å²) in [5.74, 6) is 2.13. The van der Waals surface area contributed by atoms with E-state index in [1.165, 1.54) is 11.3 Å². The van der Waals surface area contributed by atoms with Crippen LogP contribution in [0.4, 0.5) is 4.79 Å². The molecule has 2 saturated heterocycles. The van der Waals surface area contributed by atoms with Crippen molar-refractivity contribution >= 4 is 11.9 Å². The fourth-order valence-electron chi connectivity index (χ4n) is 4.99. The Bertz CT molecular complexity index is 806. The van der Waals surface area contributed by atoms with Crippen molar-refractivity contribution in [2.75, 3.05) is 26.4 Å².